The van der Waals surface area contributed by atoms with Crippen LogP contribution in [0, 0.1) is 6.92 Å². The molecule has 0 N–H and O–H groups in total. The van der Waals surface area contributed by atoms with Gasteiger partial charge >= 0.3 is 0 Å². The third kappa shape index (κ3) is 3.90. The lowest BCUT2D eigenvalue weighted by Gasteiger charge is -2.23. The summed E-state index contributed by atoms with van der Waals surface area (Å²) in [6.45, 7) is 3.23. The minimum Gasteiger partial charge on any atom is -0.472 e. The molecule has 0 bridgehead atoms. The zero-order valence-electron chi connectivity index (χ0n) is 13.1. The van der Waals surface area contributed by atoms with Crippen molar-refractivity contribution in [1.29, 1.82) is 0 Å². The van der Waals surface area contributed by atoms with Crippen molar-refractivity contribution in [2.45, 2.75) is 19.9 Å². The second kappa shape index (κ2) is 7.29. The number of carbonyl (C=O) groups is 1. The monoisotopic (exact) mass is 325 g/mol. The molecule has 3 rings (SSSR count). The molecule has 0 aliphatic carbocycles. The Morgan fingerprint density at radius 3 is 2.74 bits per heavy atom. The van der Waals surface area contributed by atoms with Gasteiger partial charge < -0.3 is 9.32 Å². The SMILES string of the molecule is Cc1ccccc1C(=O)N(CCc1cccs1)Cc1ccoc1. The second-order valence-electron chi connectivity index (χ2n) is 5.50. The van der Waals surface area contributed by atoms with E-state index in [4.69, 9.17) is 4.42 Å². The summed E-state index contributed by atoms with van der Waals surface area (Å²) in [6, 6.07) is 13.8. The average molecular weight is 325 g/mol. The summed E-state index contributed by atoms with van der Waals surface area (Å²) in [5, 5.41) is 2.07. The summed E-state index contributed by atoms with van der Waals surface area (Å²) in [7, 11) is 0. The van der Waals surface area contributed by atoms with Gasteiger partial charge in [-0.25, -0.2) is 0 Å². The molecule has 2 aromatic heterocycles. The quantitative estimate of drug-likeness (QED) is 0.667. The van der Waals surface area contributed by atoms with Crippen molar-refractivity contribution < 1.29 is 9.21 Å². The summed E-state index contributed by atoms with van der Waals surface area (Å²) < 4.78 is 5.14. The highest BCUT2D eigenvalue weighted by Gasteiger charge is 2.18. The fourth-order valence-electron chi connectivity index (χ4n) is 2.54. The maximum absolute atomic E-state index is 13.0. The predicted octanol–water partition coefficient (Wildman–Crippen LogP) is 4.53. The molecule has 0 radical (unpaired) electrons. The third-order valence-electron chi connectivity index (χ3n) is 3.82. The number of amides is 1. The Bertz CT molecular complexity index is 748. The highest BCUT2D eigenvalue weighted by atomic mass is 32.1. The molecule has 0 atom stereocenters. The summed E-state index contributed by atoms with van der Waals surface area (Å²) in [6.07, 6.45) is 4.21. The molecular formula is C19H19NO2S. The van der Waals surface area contributed by atoms with E-state index in [2.05, 4.69) is 11.4 Å². The summed E-state index contributed by atoms with van der Waals surface area (Å²) in [5.41, 5.74) is 2.78. The van der Waals surface area contributed by atoms with Crippen LogP contribution in [0.2, 0.25) is 0 Å². The number of nitrogens with zero attached hydrogens (tertiary/aromatic N) is 1. The molecule has 0 unspecified atom stereocenters. The normalized spacial score (nSPS) is 10.7. The van der Waals surface area contributed by atoms with E-state index in [-0.39, 0.29) is 5.91 Å². The highest BCUT2D eigenvalue weighted by molar-refractivity contribution is 7.09. The Hall–Kier alpha value is -2.33. The van der Waals surface area contributed by atoms with Gasteiger partial charge in [0.05, 0.1) is 12.5 Å². The fourth-order valence-corrected chi connectivity index (χ4v) is 3.24. The number of thiophene rings is 1. The maximum atomic E-state index is 13.0. The van der Waals surface area contributed by atoms with Gasteiger partial charge in [-0.2, -0.15) is 0 Å². The molecule has 0 fully saturated rings. The van der Waals surface area contributed by atoms with Crippen LogP contribution < -0.4 is 0 Å². The van der Waals surface area contributed by atoms with Crippen molar-refractivity contribution in [3.8, 4) is 0 Å². The molecule has 3 aromatic rings. The van der Waals surface area contributed by atoms with Crippen molar-refractivity contribution in [1.82, 2.24) is 4.90 Å². The first kappa shape index (κ1) is 15.6. The van der Waals surface area contributed by atoms with E-state index in [0.717, 1.165) is 23.1 Å². The molecule has 0 spiro atoms. The first-order valence-corrected chi connectivity index (χ1v) is 8.50. The van der Waals surface area contributed by atoms with Gasteiger partial charge in [-0.15, -0.1) is 11.3 Å². The zero-order chi connectivity index (χ0) is 16.1. The fraction of sp³-hybridized carbons (Fsp3) is 0.211. The van der Waals surface area contributed by atoms with Crippen LogP contribution in [0.4, 0.5) is 0 Å². The van der Waals surface area contributed by atoms with Gasteiger partial charge in [-0.3, -0.25) is 4.79 Å². The van der Waals surface area contributed by atoms with Crippen LogP contribution in [0.5, 0.6) is 0 Å². The minimum atomic E-state index is 0.0702. The van der Waals surface area contributed by atoms with E-state index in [1.165, 1.54) is 4.88 Å². The molecule has 1 aromatic carbocycles. The van der Waals surface area contributed by atoms with Gasteiger partial charge in [0.1, 0.15) is 0 Å². The summed E-state index contributed by atoms with van der Waals surface area (Å²) >= 11 is 1.73. The van der Waals surface area contributed by atoms with E-state index >= 15 is 0 Å². The number of furan rings is 1. The molecule has 3 nitrogen and oxygen atoms in total. The van der Waals surface area contributed by atoms with E-state index in [0.29, 0.717) is 13.1 Å². The van der Waals surface area contributed by atoms with Crippen LogP contribution in [-0.4, -0.2) is 17.4 Å². The zero-order valence-corrected chi connectivity index (χ0v) is 13.9. The van der Waals surface area contributed by atoms with Gasteiger partial charge in [-0.1, -0.05) is 24.3 Å². The molecule has 0 aliphatic rings. The number of hydrogen-bond donors (Lipinski definition) is 0. The van der Waals surface area contributed by atoms with Crippen molar-refractivity contribution >= 4 is 17.2 Å². The first-order chi connectivity index (χ1) is 11.2. The average Bonchev–Trinajstić information content (AvgIpc) is 3.25. The summed E-state index contributed by atoms with van der Waals surface area (Å²) in [4.78, 5) is 16.1. The van der Waals surface area contributed by atoms with E-state index in [1.54, 1.807) is 23.9 Å². The minimum absolute atomic E-state index is 0.0702. The van der Waals surface area contributed by atoms with Gasteiger partial charge in [0.2, 0.25) is 0 Å². The molecule has 118 valence electrons. The van der Waals surface area contributed by atoms with E-state index in [9.17, 15) is 4.79 Å². The van der Waals surface area contributed by atoms with Gasteiger partial charge in [0, 0.05) is 29.1 Å². The van der Waals surface area contributed by atoms with Crippen LogP contribution in [0.3, 0.4) is 0 Å². The second-order valence-corrected chi connectivity index (χ2v) is 6.53. The highest BCUT2D eigenvalue weighted by Crippen LogP contribution is 2.16. The first-order valence-electron chi connectivity index (χ1n) is 7.62. The standard InChI is InChI=1S/C19H19NO2S/c1-15-5-2-3-7-18(15)19(21)20(13-16-9-11-22-14-16)10-8-17-6-4-12-23-17/h2-7,9,11-12,14H,8,10,13H2,1H3. The Balaban J connectivity index is 1.78. The van der Waals surface area contributed by atoms with Crippen molar-refractivity contribution in [2.75, 3.05) is 6.54 Å². The van der Waals surface area contributed by atoms with Crippen molar-refractivity contribution in [3.05, 3.63) is 81.9 Å². The van der Waals surface area contributed by atoms with E-state index in [1.807, 2.05) is 48.2 Å². The Morgan fingerprint density at radius 1 is 1.17 bits per heavy atom. The smallest absolute Gasteiger partial charge is 0.254 e. The number of benzene rings is 1. The number of carbonyl (C=O) groups excluding carboxylic acids is 1. The Labute approximate surface area is 140 Å². The predicted molar refractivity (Wildman–Crippen MR) is 92.7 cm³/mol. The molecule has 4 heteroatoms. The third-order valence-corrected chi connectivity index (χ3v) is 4.76. The molecule has 0 aliphatic heterocycles. The topological polar surface area (TPSA) is 33.5 Å². The van der Waals surface area contributed by atoms with Crippen LogP contribution in [0.15, 0.2) is 64.8 Å². The Kier molecular flexibility index (Phi) is 4.93. The lowest BCUT2D eigenvalue weighted by molar-refractivity contribution is 0.0744. The van der Waals surface area contributed by atoms with Crippen LogP contribution in [0.1, 0.15) is 26.4 Å². The molecule has 0 saturated heterocycles. The van der Waals surface area contributed by atoms with Crippen molar-refractivity contribution in [3.63, 3.8) is 0 Å². The van der Waals surface area contributed by atoms with Gasteiger partial charge in [0.25, 0.3) is 5.91 Å². The summed E-state index contributed by atoms with van der Waals surface area (Å²) in [5.74, 6) is 0.0702. The van der Waals surface area contributed by atoms with Crippen LogP contribution >= 0.6 is 11.3 Å². The maximum Gasteiger partial charge on any atom is 0.254 e. The lowest BCUT2D eigenvalue weighted by atomic mass is 10.1. The number of aryl methyl sites for hydroxylation is 1. The lowest BCUT2D eigenvalue weighted by Crippen LogP contribution is -2.32. The molecule has 0 saturated carbocycles. The van der Waals surface area contributed by atoms with Gasteiger partial charge in [0.15, 0.2) is 0 Å². The van der Waals surface area contributed by atoms with Gasteiger partial charge in [-0.05, 0) is 42.5 Å². The number of rotatable bonds is 6. The molecule has 23 heavy (non-hydrogen) atoms. The van der Waals surface area contributed by atoms with Crippen LogP contribution in [-0.2, 0) is 13.0 Å². The molecular weight excluding hydrogens is 306 g/mol. The Morgan fingerprint density at radius 2 is 2.04 bits per heavy atom. The molecule has 1 amide bonds. The van der Waals surface area contributed by atoms with E-state index < -0.39 is 0 Å². The largest absolute Gasteiger partial charge is 0.472 e. The molecule has 2 heterocycles. The van der Waals surface area contributed by atoms with Crippen LogP contribution in [0.25, 0.3) is 0 Å². The van der Waals surface area contributed by atoms with Crippen molar-refractivity contribution in [2.24, 2.45) is 0 Å². The number of hydrogen-bond acceptors (Lipinski definition) is 3.